The lowest BCUT2D eigenvalue weighted by molar-refractivity contribution is -0.169. The summed E-state index contributed by atoms with van der Waals surface area (Å²) < 4.78 is 9.55. The van der Waals surface area contributed by atoms with E-state index in [1.54, 1.807) is 30.3 Å². The van der Waals surface area contributed by atoms with Crippen molar-refractivity contribution in [1.82, 2.24) is 10.2 Å². The van der Waals surface area contributed by atoms with Gasteiger partial charge in [-0.05, 0) is 31.5 Å². The lowest BCUT2D eigenvalue weighted by atomic mass is 9.96. The first kappa shape index (κ1) is 22.8. The number of β-lactam (4-membered cyclic amide) rings is 1. The molecule has 2 fully saturated rings. The number of hydrogen-bond acceptors (Lipinski definition) is 7. The summed E-state index contributed by atoms with van der Waals surface area (Å²) in [5.41, 5.74) is 1.20. The first-order valence-corrected chi connectivity index (χ1v) is 11.4. The lowest BCUT2D eigenvalue weighted by Gasteiger charge is -2.43. The van der Waals surface area contributed by atoms with E-state index in [-0.39, 0.29) is 23.6 Å². The highest BCUT2D eigenvalue weighted by atomic mass is 32.2. The molecule has 33 heavy (non-hydrogen) atoms. The fourth-order valence-electron chi connectivity index (χ4n) is 4.01. The summed E-state index contributed by atoms with van der Waals surface area (Å²) in [6, 6.07) is 16.1. The number of rotatable bonds is 7. The number of hydrogen-bond donors (Lipinski definition) is 1. The van der Waals surface area contributed by atoms with Gasteiger partial charge in [0.2, 0.25) is 18.6 Å². The Hall–Kier alpha value is -3.33. The van der Waals surface area contributed by atoms with Crippen molar-refractivity contribution in [2.24, 2.45) is 0 Å². The quantitative estimate of drug-likeness (QED) is 0.377. The number of nitrogens with one attached hydrogen (secondary N) is 1. The van der Waals surface area contributed by atoms with Crippen molar-refractivity contribution < 1.29 is 28.7 Å². The van der Waals surface area contributed by atoms with Gasteiger partial charge in [0.1, 0.15) is 17.5 Å². The van der Waals surface area contributed by atoms with Crippen molar-refractivity contribution in [3.05, 3.63) is 71.8 Å². The Kier molecular flexibility index (Phi) is 6.42. The van der Waals surface area contributed by atoms with Gasteiger partial charge in [-0.3, -0.25) is 9.59 Å². The molecule has 3 atom stereocenters. The van der Waals surface area contributed by atoms with Crippen LogP contribution in [0.25, 0.3) is 0 Å². The maximum atomic E-state index is 12.8. The molecule has 9 heteroatoms. The predicted octanol–water partition coefficient (Wildman–Crippen LogP) is 2.13. The summed E-state index contributed by atoms with van der Waals surface area (Å²) in [6.07, 6.45) is 0.170. The third kappa shape index (κ3) is 4.73. The van der Waals surface area contributed by atoms with Crippen LogP contribution >= 0.6 is 11.8 Å². The third-order valence-corrected chi connectivity index (χ3v) is 7.16. The molecule has 1 unspecified atom stereocenters. The number of fused-ring (bicyclic) bond motifs is 1. The van der Waals surface area contributed by atoms with Gasteiger partial charge < -0.3 is 19.7 Å². The van der Waals surface area contributed by atoms with Crippen LogP contribution in [-0.2, 0) is 30.3 Å². The SMILES string of the molecule is CC1(C)S[C@@H]2[C@H](NC(=O)Cc3ccccc3)C(=O)N2C1C(=O)OCOC(=O)c1ccccc1. The van der Waals surface area contributed by atoms with Crippen LogP contribution < -0.4 is 5.32 Å². The number of benzene rings is 2. The van der Waals surface area contributed by atoms with Crippen molar-refractivity contribution in [3.63, 3.8) is 0 Å². The molecule has 4 rings (SSSR count). The van der Waals surface area contributed by atoms with Gasteiger partial charge in [-0.15, -0.1) is 11.8 Å². The molecule has 0 radical (unpaired) electrons. The van der Waals surface area contributed by atoms with Crippen molar-refractivity contribution in [2.75, 3.05) is 6.79 Å². The summed E-state index contributed by atoms with van der Waals surface area (Å²) in [6.45, 7) is 3.13. The van der Waals surface area contributed by atoms with Gasteiger partial charge >= 0.3 is 11.9 Å². The van der Waals surface area contributed by atoms with Crippen molar-refractivity contribution >= 4 is 35.5 Å². The number of carbonyl (C=O) groups is 4. The molecule has 0 spiro atoms. The molecule has 2 aliphatic heterocycles. The lowest BCUT2D eigenvalue weighted by Crippen LogP contribution is -2.70. The molecule has 2 amide bonds. The monoisotopic (exact) mass is 468 g/mol. The van der Waals surface area contributed by atoms with Crippen LogP contribution in [0.15, 0.2) is 60.7 Å². The highest BCUT2D eigenvalue weighted by Gasteiger charge is 2.64. The molecule has 2 aromatic rings. The Morgan fingerprint density at radius 2 is 1.64 bits per heavy atom. The maximum Gasteiger partial charge on any atom is 0.340 e. The molecule has 2 aliphatic rings. The minimum Gasteiger partial charge on any atom is -0.426 e. The predicted molar refractivity (Wildman–Crippen MR) is 121 cm³/mol. The summed E-state index contributed by atoms with van der Waals surface area (Å²) >= 11 is 1.43. The highest BCUT2D eigenvalue weighted by molar-refractivity contribution is 8.01. The van der Waals surface area contributed by atoms with E-state index in [0.29, 0.717) is 5.56 Å². The van der Waals surface area contributed by atoms with E-state index in [1.807, 2.05) is 44.2 Å². The zero-order chi connectivity index (χ0) is 23.6. The molecule has 0 aromatic heterocycles. The van der Waals surface area contributed by atoms with Gasteiger partial charge in [0.05, 0.1) is 12.0 Å². The second kappa shape index (κ2) is 9.27. The van der Waals surface area contributed by atoms with Crippen LogP contribution in [0.4, 0.5) is 0 Å². The van der Waals surface area contributed by atoms with Crippen molar-refractivity contribution in [1.29, 1.82) is 0 Å². The second-order valence-corrected chi connectivity index (χ2v) is 10.1. The molecule has 2 saturated heterocycles. The number of nitrogens with zero attached hydrogens (tertiary/aromatic N) is 1. The molecule has 0 aliphatic carbocycles. The van der Waals surface area contributed by atoms with Gasteiger partial charge in [0.25, 0.3) is 0 Å². The van der Waals surface area contributed by atoms with Gasteiger partial charge in [-0.2, -0.15) is 0 Å². The topological polar surface area (TPSA) is 102 Å². The van der Waals surface area contributed by atoms with Crippen molar-refractivity contribution in [2.45, 2.75) is 42.5 Å². The van der Waals surface area contributed by atoms with Crippen LogP contribution in [0.1, 0.15) is 29.8 Å². The average Bonchev–Trinajstić information content (AvgIpc) is 3.06. The Morgan fingerprint density at radius 1 is 1.00 bits per heavy atom. The highest BCUT2D eigenvalue weighted by Crippen LogP contribution is 2.51. The fraction of sp³-hybridized carbons (Fsp3) is 0.333. The number of amides is 2. The molecule has 2 heterocycles. The Morgan fingerprint density at radius 3 is 2.30 bits per heavy atom. The molecule has 1 N–H and O–H groups in total. The zero-order valence-electron chi connectivity index (χ0n) is 18.2. The van der Waals surface area contributed by atoms with Gasteiger partial charge in [0.15, 0.2) is 0 Å². The number of thioether (sulfide) groups is 1. The molecule has 0 saturated carbocycles. The van der Waals surface area contributed by atoms with Crippen LogP contribution in [0.5, 0.6) is 0 Å². The first-order valence-electron chi connectivity index (χ1n) is 10.5. The molecular formula is C24H24N2O6S. The maximum absolute atomic E-state index is 12.8. The zero-order valence-corrected chi connectivity index (χ0v) is 19.0. The second-order valence-electron chi connectivity index (χ2n) is 8.35. The van der Waals surface area contributed by atoms with E-state index < -0.39 is 35.6 Å². The van der Waals surface area contributed by atoms with E-state index >= 15 is 0 Å². The molecular weight excluding hydrogens is 444 g/mol. The minimum absolute atomic E-state index is 0.170. The summed E-state index contributed by atoms with van der Waals surface area (Å²) in [5, 5.41) is 2.42. The summed E-state index contributed by atoms with van der Waals surface area (Å²) in [7, 11) is 0. The van der Waals surface area contributed by atoms with Gasteiger partial charge in [-0.1, -0.05) is 48.5 Å². The van der Waals surface area contributed by atoms with E-state index in [1.165, 1.54) is 16.7 Å². The van der Waals surface area contributed by atoms with Crippen LogP contribution in [0.3, 0.4) is 0 Å². The Bertz CT molecular complexity index is 1060. The smallest absolute Gasteiger partial charge is 0.340 e. The van der Waals surface area contributed by atoms with E-state index in [0.717, 1.165) is 5.56 Å². The largest absolute Gasteiger partial charge is 0.426 e. The molecule has 0 bridgehead atoms. The Balaban J connectivity index is 1.32. The standard InChI is InChI=1S/C24H24N2O6S/c1-24(2)19(23(30)32-14-31-22(29)16-11-7-4-8-12-16)26-20(28)18(21(26)33-24)25-17(27)13-15-9-5-3-6-10-15/h3-12,18-19,21H,13-14H2,1-2H3,(H,25,27)/t18-,19?,21-/m1/s1. The van der Waals surface area contributed by atoms with Gasteiger partial charge in [-0.25, -0.2) is 9.59 Å². The number of carbonyl (C=O) groups excluding carboxylic acids is 4. The Labute approximate surface area is 195 Å². The van der Waals surface area contributed by atoms with Crippen LogP contribution in [-0.4, -0.2) is 57.7 Å². The third-order valence-electron chi connectivity index (χ3n) is 5.59. The van der Waals surface area contributed by atoms with Crippen LogP contribution in [0, 0.1) is 0 Å². The molecule has 8 nitrogen and oxygen atoms in total. The first-order chi connectivity index (χ1) is 15.8. The molecule has 2 aromatic carbocycles. The number of ether oxygens (including phenoxy) is 2. The van der Waals surface area contributed by atoms with Gasteiger partial charge in [0, 0.05) is 4.75 Å². The van der Waals surface area contributed by atoms with E-state index in [9.17, 15) is 19.2 Å². The number of esters is 2. The normalized spacial score (nSPS) is 22.7. The average molecular weight is 469 g/mol. The summed E-state index contributed by atoms with van der Waals surface area (Å²) in [4.78, 5) is 51.5. The van der Waals surface area contributed by atoms with E-state index in [4.69, 9.17) is 9.47 Å². The minimum atomic E-state index is -0.849. The van der Waals surface area contributed by atoms with Crippen molar-refractivity contribution in [3.8, 4) is 0 Å². The summed E-state index contributed by atoms with van der Waals surface area (Å²) in [5.74, 6) is -1.85. The van der Waals surface area contributed by atoms with E-state index in [2.05, 4.69) is 5.32 Å². The fourth-order valence-corrected chi connectivity index (χ4v) is 5.63. The van der Waals surface area contributed by atoms with Crippen LogP contribution in [0.2, 0.25) is 0 Å². The molecule has 172 valence electrons.